The molecule has 1 aliphatic heterocycles. The Kier molecular flexibility index (Phi) is 2.31. The number of hydrogen-bond donors (Lipinski definition) is 0. The van der Waals surface area contributed by atoms with Gasteiger partial charge in [0, 0.05) is 11.1 Å². The Bertz CT molecular complexity index is 1030. The molecule has 0 aromatic heterocycles. The van der Waals surface area contributed by atoms with Crippen molar-refractivity contribution in [2.24, 2.45) is 10.4 Å². The monoisotopic (exact) mass is 297 g/mol. The summed E-state index contributed by atoms with van der Waals surface area (Å²) < 4.78 is 0. The van der Waals surface area contributed by atoms with E-state index in [-0.39, 0.29) is 5.78 Å². The van der Waals surface area contributed by atoms with E-state index in [4.69, 9.17) is 4.99 Å². The summed E-state index contributed by atoms with van der Waals surface area (Å²) in [5.74, 6) is 0.199. The lowest BCUT2D eigenvalue weighted by molar-refractivity contribution is 0.0897. The van der Waals surface area contributed by atoms with E-state index in [2.05, 4.69) is 30.3 Å². The van der Waals surface area contributed by atoms with Gasteiger partial charge in [0.05, 0.1) is 16.8 Å². The zero-order valence-electron chi connectivity index (χ0n) is 12.8. The average Bonchev–Trinajstić information content (AvgIpc) is 2.81. The first-order chi connectivity index (χ1) is 11.2. The standard InChI is InChI=1S/C21H15NO/c1-21-12-17-14-7-3-2-6-13(14)10-11-18(17)22-19(21)15-8-4-5-9-16(15)20(21)23/h2-11H,12H2,1H3. The van der Waals surface area contributed by atoms with Gasteiger partial charge in [0.25, 0.3) is 0 Å². The van der Waals surface area contributed by atoms with Crippen LogP contribution in [0.3, 0.4) is 0 Å². The molecule has 0 amide bonds. The fraction of sp³-hybridized carbons (Fsp3) is 0.143. The van der Waals surface area contributed by atoms with Crippen LogP contribution in [-0.4, -0.2) is 11.5 Å². The minimum atomic E-state index is -0.541. The number of fused-ring (bicyclic) bond motifs is 6. The van der Waals surface area contributed by atoms with Gasteiger partial charge in [-0.25, -0.2) is 0 Å². The minimum absolute atomic E-state index is 0.199. The Morgan fingerprint density at radius 2 is 1.65 bits per heavy atom. The second-order valence-electron chi connectivity index (χ2n) is 6.63. The molecule has 2 aliphatic rings. The van der Waals surface area contributed by atoms with E-state index in [1.165, 1.54) is 16.3 Å². The number of benzene rings is 3. The normalized spacial score (nSPS) is 21.6. The third-order valence-corrected chi connectivity index (χ3v) is 5.23. The summed E-state index contributed by atoms with van der Waals surface area (Å²) in [5.41, 5.74) is 4.39. The predicted octanol–water partition coefficient (Wildman–Crippen LogP) is 4.72. The predicted molar refractivity (Wildman–Crippen MR) is 92.7 cm³/mol. The summed E-state index contributed by atoms with van der Waals surface area (Å²) in [6.07, 6.45) is 0.718. The molecule has 110 valence electrons. The van der Waals surface area contributed by atoms with E-state index in [9.17, 15) is 4.79 Å². The zero-order valence-corrected chi connectivity index (χ0v) is 12.8. The molecule has 0 bridgehead atoms. The van der Waals surface area contributed by atoms with Crippen LogP contribution in [0, 0.1) is 5.41 Å². The van der Waals surface area contributed by atoms with Crippen LogP contribution < -0.4 is 0 Å². The van der Waals surface area contributed by atoms with Crippen molar-refractivity contribution in [3.63, 3.8) is 0 Å². The van der Waals surface area contributed by atoms with Gasteiger partial charge in [-0.1, -0.05) is 54.6 Å². The largest absolute Gasteiger partial charge is 0.293 e. The molecule has 0 fully saturated rings. The molecule has 2 heteroatoms. The Morgan fingerprint density at radius 3 is 2.52 bits per heavy atom. The molecule has 1 heterocycles. The van der Waals surface area contributed by atoms with Crippen molar-refractivity contribution in [3.8, 4) is 0 Å². The van der Waals surface area contributed by atoms with Gasteiger partial charge in [-0.3, -0.25) is 9.79 Å². The number of hydrogen-bond acceptors (Lipinski definition) is 2. The smallest absolute Gasteiger partial charge is 0.175 e. The van der Waals surface area contributed by atoms with Crippen molar-refractivity contribution >= 4 is 28.0 Å². The van der Waals surface area contributed by atoms with Gasteiger partial charge in [0.2, 0.25) is 0 Å². The van der Waals surface area contributed by atoms with Gasteiger partial charge in [-0.2, -0.15) is 0 Å². The van der Waals surface area contributed by atoms with Crippen LogP contribution in [-0.2, 0) is 6.42 Å². The van der Waals surface area contributed by atoms with E-state index in [1.54, 1.807) is 0 Å². The van der Waals surface area contributed by atoms with Gasteiger partial charge in [0.1, 0.15) is 0 Å². The molecule has 3 aromatic rings. The topological polar surface area (TPSA) is 29.4 Å². The van der Waals surface area contributed by atoms with Gasteiger partial charge in [-0.05, 0) is 35.7 Å². The molecule has 0 radical (unpaired) electrons. The first-order valence-corrected chi connectivity index (χ1v) is 7.92. The first kappa shape index (κ1) is 12.8. The molecule has 0 spiro atoms. The summed E-state index contributed by atoms with van der Waals surface area (Å²) >= 11 is 0. The quantitative estimate of drug-likeness (QED) is 0.590. The van der Waals surface area contributed by atoms with Gasteiger partial charge >= 0.3 is 0 Å². The number of rotatable bonds is 0. The maximum absolute atomic E-state index is 13.0. The summed E-state index contributed by atoms with van der Waals surface area (Å²) in [4.78, 5) is 17.9. The molecule has 1 unspecified atom stereocenters. The number of carbonyl (C=O) groups excluding carboxylic acids is 1. The number of ketones is 1. The number of nitrogens with zero attached hydrogens (tertiary/aromatic N) is 1. The summed E-state index contributed by atoms with van der Waals surface area (Å²) in [6.45, 7) is 2.04. The molecular formula is C21H15NO. The average molecular weight is 297 g/mol. The van der Waals surface area contributed by atoms with E-state index in [0.717, 1.165) is 28.9 Å². The maximum atomic E-state index is 13.0. The van der Waals surface area contributed by atoms with Crippen LogP contribution in [0.4, 0.5) is 5.69 Å². The van der Waals surface area contributed by atoms with Gasteiger partial charge in [-0.15, -0.1) is 0 Å². The Balaban J connectivity index is 1.84. The van der Waals surface area contributed by atoms with Crippen molar-refractivity contribution in [3.05, 3.63) is 77.4 Å². The third kappa shape index (κ3) is 1.53. The van der Waals surface area contributed by atoms with Crippen molar-refractivity contribution < 1.29 is 4.79 Å². The summed E-state index contributed by atoms with van der Waals surface area (Å²) in [6, 6.07) is 20.4. The third-order valence-electron chi connectivity index (χ3n) is 5.23. The highest BCUT2D eigenvalue weighted by Gasteiger charge is 2.49. The number of Topliss-reactive ketones (excluding diaryl/α,β-unsaturated/α-hetero) is 1. The number of carbonyl (C=O) groups is 1. The molecule has 0 saturated carbocycles. The molecule has 3 aromatic carbocycles. The fourth-order valence-electron chi connectivity index (χ4n) is 4.03. The van der Waals surface area contributed by atoms with E-state index in [0.29, 0.717) is 0 Å². The Labute approximate surface area is 134 Å². The molecule has 5 rings (SSSR count). The highest BCUT2D eigenvalue weighted by atomic mass is 16.1. The van der Waals surface area contributed by atoms with Gasteiger partial charge in [0.15, 0.2) is 5.78 Å². The van der Waals surface area contributed by atoms with Crippen LogP contribution in [0.2, 0.25) is 0 Å². The fourth-order valence-corrected chi connectivity index (χ4v) is 4.03. The van der Waals surface area contributed by atoms with Crippen LogP contribution in [0.15, 0.2) is 65.7 Å². The molecular weight excluding hydrogens is 282 g/mol. The highest BCUT2D eigenvalue weighted by Crippen LogP contribution is 2.47. The second kappa shape index (κ2) is 4.17. The van der Waals surface area contributed by atoms with Crippen molar-refractivity contribution in [2.75, 3.05) is 0 Å². The molecule has 0 N–H and O–H groups in total. The van der Waals surface area contributed by atoms with Crippen molar-refractivity contribution in [1.29, 1.82) is 0 Å². The number of aliphatic imine (C=N–C) groups is 1. The Morgan fingerprint density at radius 1 is 0.913 bits per heavy atom. The molecule has 23 heavy (non-hydrogen) atoms. The Hall–Kier alpha value is -2.74. The van der Waals surface area contributed by atoms with Gasteiger partial charge < -0.3 is 0 Å². The van der Waals surface area contributed by atoms with E-state index < -0.39 is 5.41 Å². The van der Waals surface area contributed by atoms with Crippen LogP contribution >= 0.6 is 0 Å². The van der Waals surface area contributed by atoms with Crippen LogP contribution in [0.1, 0.15) is 28.4 Å². The molecule has 1 atom stereocenters. The maximum Gasteiger partial charge on any atom is 0.175 e. The lowest BCUT2D eigenvalue weighted by Crippen LogP contribution is -2.34. The SMILES string of the molecule is CC12Cc3c(ccc4ccccc34)N=C1c1ccccc1C2=O. The minimum Gasteiger partial charge on any atom is -0.293 e. The molecule has 0 saturated heterocycles. The van der Waals surface area contributed by atoms with E-state index >= 15 is 0 Å². The van der Waals surface area contributed by atoms with Crippen molar-refractivity contribution in [1.82, 2.24) is 0 Å². The molecule has 2 nitrogen and oxygen atoms in total. The highest BCUT2D eigenvalue weighted by molar-refractivity contribution is 6.32. The van der Waals surface area contributed by atoms with E-state index in [1.807, 2.05) is 37.3 Å². The lowest BCUT2D eigenvalue weighted by Gasteiger charge is -2.29. The van der Waals surface area contributed by atoms with Crippen LogP contribution in [0.5, 0.6) is 0 Å². The second-order valence-corrected chi connectivity index (χ2v) is 6.63. The zero-order chi connectivity index (χ0) is 15.6. The summed E-state index contributed by atoms with van der Waals surface area (Å²) in [5, 5.41) is 2.41. The first-order valence-electron chi connectivity index (χ1n) is 7.92. The summed E-state index contributed by atoms with van der Waals surface area (Å²) in [7, 11) is 0. The van der Waals surface area contributed by atoms with Crippen molar-refractivity contribution in [2.45, 2.75) is 13.3 Å². The van der Waals surface area contributed by atoms with Crippen LogP contribution in [0.25, 0.3) is 10.8 Å². The lowest BCUT2D eigenvalue weighted by atomic mass is 9.75. The molecule has 1 aliphatic carbocycles.